The molecule has 25 heavy (non-hydrogen) atoms. The molecule has 0 spiro atoms. The van der Waals surface area contributed by atoms with E-state index in [2.05, 4.69) is 4.99 Å². The number of halogens is 2. The van der Waals surface area contributed by atoms with Gasteiger partial charge < -0.3 is 9.47 Å². The van der Waals surface area contributed by atoms with E-state index >= 15 is 0 Å². The zero-order valence-corrected chi connectivity index (χ0v) is 13.6. The van der Waals surface area contributed by atoms with Crippen LogP contribution in [0.15, 0.2) is 64.8 Å². The smallest absolute Gasteiger partial charge is 0.363 e. The summed E-state index contributed by atoms with van der Waals surface area (Å²) in [4.78, 5) is 16.2. The van der Waals surface area contributed by atoms with Crippen LogP contribution in [0.3, 0.4) is 0 Å². The highest BCUT2D eigenvalue weighted by molar-refractivity contribution is 6.30. The Bertz CT molecular complexity index is 978. The van der Waals surface area contributed by atoms with Gasteiger partial charge in [0.15, 0.2) is 5.70 Å². The maximum atomic E-state index is 13.3. The number of ether oxygens (including phenoxy) is 2. The van der Waals surface area contributed by atoms with Gasteiger partial charge in [0.1, 0.15) is 18.2 Å². The predicted molar refractivity (Wildman–Crippen MR) is 92.0 cm³/mol. The molecule has 0 aliphatic carbocycles. The summed E-state index contributed by atoms with van der Waals surface area (Å²) < 4.78 is 24.1. The summed E-state index contributed by atoms with van der Waals surface area (Å²) in [6, 6.07) is 11.0. The van der Waals surface area contributed by atoms with Crippen LogP contribution < -0.4 is 4.74 Å². The topological polar surface area (TPSA) is 47.9 Å². The minimum atomic E-state index is -0.586. The number of nitrogens with zero attached hydrogens (tertiary/aromatic N) is 1. The molecular formula is C19H11ClFNO3. The molecule has 2 aliphatic rings. The van der Waals surface area contributed by atoms with Gasteiger partial charge in [-0.15, -0.1) is 0 Å². The number of hydrogen-bond donors (Lipinski definition) is 0. The third-order valence-corrected chi connectivity index (χ3v) is 3.96. The minimum absolute atomic E-state index is 0.0801. The van der Waals surface area contributed by atoms with E-state index in [1.807, 2.05) is 6.08 Å². The lowest BCUT2D eigenvalue weighted by atomic mass is 10.1. The standard InChI is InChI=1S/C19H11ClFNO3/c20-14-4-5-17-13(8-14)6-11(10-24-17)7-16-19(23)25-18(22-16)12-2-1-3-15(21)9-12/h1-9H,10H2. The molecule has 0 saturated heterocycles. The maximum Gasteiger partial charge on any atom is 0.363 e. The molecule has 4 nitrogen and oxygen atoms in total. The lowest BCUT2D eigenvalue weighted by Crippen LogP contribution is -2.08. The molecule has 6 heteroatoms. The Morgan fingerprint density at radius 1 is 1.20 bits per heavy atom. The van der Waals surface area contributed by atoms with Crippen molar-refractivity contribution in [1.82, 2.24) is 0 Å². The Kier molecular flexibility index (Phi) is 3.86. The van der Waals surface area contributed by atoms with Gasteiger partial charge in [0.25, 0.3) is 0 Å². The monoisotopic (exact) mass is 355 g/mol. The van der Waals surface area contributed by atoms with Gasteiger partial charge in [-0.2, -0.15) is 0 Å². The average molecular weight is 356 g/mol. The second-order valence-corrected chi connectivity index (χ2v) is 5.97. The van der Waals surface area contributed by atoms with E-state index in [1.165, 1.54) is 18.2 Å². The number of esters is 1. The molecule has 4 rings (SSSR count). The number of carbonyl (C=O) groups excluding carboxylic acids is 1. The molecule has 2 aliphatic heterocycles. The molecule has 2 aromatic carbocycles. The number of cyclic esters (lactones) is 1. The largest absolute Gasteiger partial charge is 0.488 e. The molecule has 2 heterocycles. The van der Waals surface area contributed by atoms with E-state index in [4.69, 9.17) is 21.1 Å². The van der Waals surface area contributed by atoms with Crippen LogP contribution in [0.1, 0.15) is 11.1 Å². The van der Waals surface area contributed by atoms with Crippen molar-refractivity contribution in [1.29, 1.82) is 0 Å². The molecule has 0 N–H and O–H groups in total. The van der Waals surface area contributed by atoms with Crippen LogP contribution >= 0.6 is 11.6 Å². The molecule has 2 aromatic rings. The van der Waals surface area contributed by atoms with Crippen molar-refractivity contribution < 1.29 is 18.7 Å². The van der Waals surface area contributed by atoms with Crippen LogP contribution in [-0.4, -0.2) is 18.5 Å². The van der Waals surface area contributed by atoms with Gasteiger partial charge in [-0.1, -0.05) is 17.7 Å². The van der Waals surface area contributed by atoms with E-state index < -0.39 is 11.8 Å². The summed E-state index contributed by atoms with van der Waals surface area (Å²) in [6.45, 7) is 0.302. The molecular weight excluding hydrogens is 345 g/mol. The second-order valence-electron chi connectivity index (χ2n) is 5.54. The molecule has 124 valence electrons. The zero-order chi connectivity index (χ0) is 17.4. The van der Waals surface area contributed by atoms with Crippen LogP contribution in [0.4, 0.5) is 4.39 Å². The van der Waals surface area contributed by atoms with Gasteiger partial charge in [0.2, 0.25) is 5.90 Å². The summed E-state index contributed by atoms with van der Waals surface area (Å²) in [6.07, 6.45) is 3.47. The minimum Gasteiger partial charge on any atom is -0.488 e. The molecule has 0 saturated carbocycles. The van der Waals surface area contributed by atoms with Gasteiger partial charge in [0.05, 0.1) is 0 Å². The lowest BCUT2D eigenvalue weighted by Gasteiger charge is -2.16. The highest BCUT2D eigenvalue weighted by Gasteiger charge is 2.25. The maximum absolute atomic E-state index is 13.3. The first-order valence-electron chi connectivity index (χ1n) is 7.50. The first-order valence-corrected chi connectivity index (χ1v) is 7.88. The normalized spacial score (nSPS) is 17.5. The van der Waals surface area contributed by atoms with Gasteiger partial charge in [-0.25, -0.2) is 14.2 Å². The van der Waals surface area contributed by atoms with Crippen molar-refractivity contribution in [2.75, 3.05) is 6.61 Å². The van der Waals surface area contributed by atoms with E-state index in [1.54, 1.807) is 30.3 Å². The number of benzene rings is 2. The Morgan fingerprint density at radius 2 is 2.08 bits per heavy atom. The molecule has 0 atom stereocenters. The van der Waals surface area contributed by atoms with Crippen molar-refractivity contribution in [2.45, 2.75) is 0 Å². The summed E-state index contributed by atoms with van der Waals surface area (Å²) in [7, 11) is 0. The highest BCUT2D eigenvalue weighted by atomic mass is 35.5. The Balaban J connectivity index is 1.66. The van der Waals surface area contributed by atoms with Crippen molar-refractivity contribution in [3.8, 4) is 5.75 Å². The zero-order valence-electron chi connectivity index (χ0n) is 12.8. The third kappa shape index (κ3) is 3.19. The van der Waals surface area contributed by atoms with Crippen molar-refractivity contribution in [3.63, 3.8) is 0 Å². The van der Waals surface area contributed by atoms with Crippen LogP contribution in [0, 0.1) is 5.82 Å². The molecule has 0 radical (unpaired) electrons. The Hall–Kier alpha value is -2.92. The fourth-order valence-electron chi connectivity index (χ4n) is 2.58. The van der Waals surface area contributed by atoms with Crippen molar-refractivity contribution in [3.05, 3.63) is 81.8 Å². The van der Waals surface area contributed by atoms with Gasteiger partial charge in [-0.05, 0) is 54.1 Å². The lowest BCUT2D eigenvalue weighted by molar-refractivity contribution is -0.130. The summed E-state index contributed by atoms with van der Waals surface area (Å²) >= 11 is 5.99. The third-order valence-electron chi connectivity index (χ3n) is 3.72. The van der Waals surface area contributed by atoms with E-state index in [-0.39, 0.29) is 11.6 Å². The second kappa shape index (κ2) is 6.18. The quantitative estimate of drug-likeness (QED) is 0.601. The summed E-state index contributed by atoms with van der Waals surface area (Å²) in [5, 5.41) is 0.596. The van der Waals surface area contributed by atoms with Gasteiger partial charge in [0, 0.05) is 16.1 Å². The predicted octanol–water partition coefficient (Wildman–Crippen LogP) is 4.14. The van der Waals surface area contributed by atoms with Crippen LogP contribution in [0.5, 0.6) is 5.75 Å². The van der Waals surface area contributed by atoms with E-state index in [0.717, 1.165) is 16.9 Å². The summed E-state index contributed by atoms with van der Waals surface area (Å²) in [5.41, 5.74) is 2.12. The fourth-order valence-corrected chi connectivity index (χ4v) is 2.76. The highest BCUT2D eigenvalue weighted by Crippen LogP contribution is 2.30. The number of hydrogen-bond acceptors (Lipinski definition) is 4. The first kappa shape index (κ1) is 15.6. The number of rotatable bonds is 2. The Morgan fingerprint density at radius 3 is 2.92 bits per heavy atom. The van der Waals surface area contributed by atoms with Gasteiger partial charge in [-0.3, -0.25) is 0 Å². The molecule has 0 amide bonds. The SMILES string of the molecule is O=C1OC(c2cccc(F)c2)=NC1=CC1=Cc2cc(Cl)ccc2OC1. The molecule has 0 unspecified atom stereocenters. The number of carbonyl (C=O) groups is 1. The number of aliphatic imine (C=N–C) groups is 1. The van der Waals surface area contributed by atoms with Crippen molar-refractivity contribution in [2.24, 2.45) is 4.99 Å². The fraction of sp³-hybridized carbons (Fsp3) is 0.0526. The Labute approximate surface area is 147 Å². The van der Waals surface area contributed by atoms with Crippen LogP contribution in [0.2, 0.25) is 5.02 Å². The first-order chi connectivity index (χ1) is 12.1. The number of fused-ring (bicyclic) bond motifs is 1. The van der Waals surface area contributed by atoms with E-state index in [9.17, 15) is 9.18 Å². The van der Waals surface area contributed by atoms with Crippen LogP contribution in [-0.2, 0) is 9.53 Å². The molecule has 0 fully saturated rings. The van der Waals surface area contributed by atoms with Crippen molar-refractivity contribution >= 4 is 29.5 Å². The van der Waals surface area contributed by atoms with Gasteiger partial charge >= 0.3 is 5.97 Å². The molecule has 0 aromatic heterocycles. The van der Waals surface area contributed by atoms with E-state index in [0.29, 0.717) is 17.2 Å². The summed E-state index contributed by atoms with van der Waals surface area (Å²) in [5.74, 6) is -0.205. The molecule has 0 bridgehead atoms. The van der Waals surface area contributed by atoms with Crippen LogP contribution in [0.25, 0.3) is 6.08 Å². The average Bonchev–Trinajstić information content (AvgIpc) is 2.95.